The van der Waals surface area contributed by atoms with E-state index in [2.05, 4.69) is 15.3 Å². The quantitative estimate of drug-likeness (QED) is 0.815. The molecule has 1 aromatic rings. The fourth-order valence-electron chi connectivity index (χ4n) is 2.18. The number of hydrogen-bond acceptors (Lipinski definition) is 4. The van der Waals surface area contributed by atoms with Crippen molar-refractivity contribution in [2.75, 3.05) is 13.7 Å². The van der Waals surface area contributed by atoms with Gasteiger partial charge < -0.3 is 15.0 Å². The van der Waals surface area contributed by atoms with Gasteiger partial charge in [-0.05, 0) is 26.3 Å². The molecule has 2 heterocycles. The van der Waals surface area contributed by atoms with Crippen LogP contribution in [0.1, 0.15) is 30.7 Å². The summed E-state index contributed by atoms with van der Waals surface area (Å²) in [4.78, 5) is 18.8. The molecule has 5 heteroatoms. The van der Waals surface area contributed by atoms with Gasteiger partial charge in [0.05, 0.1) is 12.7 Å². The lowest BCUT2D eigenvalue weighted by molar-refractivity contribution is 0.377. The molecule has 2 rings (SSSR count). The molecule has 0 bridgehead atoms. The fraction of sp³-hybridized carbons (Fsp3) is 0.667. The van der Waals surface area contributed by atoms with Gasteiger partial charge in [-0.2, -0.15) is 4.98 Å². The Hall–Kier alpha value is -1.36. The molecule has 0 aliphatic carbocycles. The highest BCUT2D eigenvalue weighted by Crippen LogP contribution is 2.13. The lowest BCUT2D eigenvalue weighted by Gasteiger charge is -2.22. The van der Waals surface area contributed by atoms with E-state index in [-0.39, 0.29) is 5.56 Å². The number of nitrogens with one attached hydrogen (secondary N) is 2. The number of piperidine rings is 1. The molecule has 2 N–H and O–H groups in total. The molecular formula is C12H19N3O2. The van der Waals surface area contributed by atoms with Crippen molar-refractivity contribution in [1.29, 1.82) is 0 Å². The van der Waals surface area contributed by atoms with Gasteiger partial charge in [-0.15, -0.1) is 0 Å². The Morgan fingerprint density at radius 3 is 2.94 bits per heavy atom. The molecule has 0 amide bonds. The van der Waals surface area contributed by atoms with E-state index < -0.39 is 0 Å². The van der Waals surface area contributed by atoms with Crippen LogP contribution in [0.25, 0.3) is 0 Å². The first-order valence-electron chi connectivity index (χ1n) is 6.08. The van der Waals surface area contributed by atoms with Crippen molar-refractivity contribution >= 4 is 0 Å². The fourth-order valence-corrected chi connectivity index (χ4v) is 2.18. The van der Waals surface area contributed by atoms with Crippen LogP contribution in [0.5, 0.6) is 5.88 Å². The number of aromatic amines is 1. The maximum atomic E-state index is 11.7. The highest BCUT2D eigenvalue weighted by Gasteiger charge is 2.15. The molecule has 0 saturated carbocycles. The zero-order valence-electron chi connectivity index (χ0n) is 10.4. The second-order valence-electron chi connectivity index (χ2n) is 4.50. The monoisotopic (exact) mass is 237 g/mol. The van der Waals surface area contributed by atoms with Gasteiger partial charge in [-0.25, -0.2) is 0 Å². The average Bonchev–Trinajstić information content (AvgIpc) is 2.35. The molecule has 1 atom stereocenters. The first kappa shape index (κ1) is 12.1. The van der Waals surface area contributed by atoms with E-state index in [1.54, 1.807) is 6.92 Å². The Labute approximate surface area is 101 Å². The zero-order chi connectivity index (χ0) is 12.3. The summed E-state index contributed by atoms with van der Waals surface area (Å²) in [5, 5.41) is 3.44. The van der Waals surface area contributed by atoms with Crippen molar-refractivity contribution in [3.05, 3.63) is 21.7 Å². The Morgan fingerprint density at radius 1 is 1.47 bits per heavy atom. The van der Waals surface area contributed by atoms with Gasteiger partial charge >= 0.3 is 0 Å². The normalized spacial score (nSPS) is 20.2. The van der Waals surface area contributed by atoms with Crippen LogP contribution in [0.4, 0.5) is 0 Å². The predicted octanol–water partition coefficient (Wildman–Crippen LogP) is 0.772. The largest absolute Gasteiger partial charge is 0.481 e. The number of hydrogen-bond donors (Lipinski definition) is 2. The van der Waals surface area contributed by atoms with Crippen LogP contribution in [-0.2, 0) is 6.42 Å². The Bertz CT molecular complexity index is 436. The molecular weight excluding hydrogens is 218 g/mol. The molecule has 1 aliphatic heterocycles. The van der Waals surface area contributed by atoms with Gasteiger partial charge in [-0.3, -0.25) is 4.79 Å². The number of ether oxygens (including phenoxy) is 1. The lowest BCUT2D eigenvalue weighted by atomic mass is 10.0. The van der Waals surface area contributed by atoms with Crippen molar-refractivity contribution in [3.63, 3.8) is 0 Å². The minimum Gasteiger partial charge on any atom is -0.481 e. The molecule has 5 nitrogen and oxygen atoms in total. The van der Waals surface area contributed by atoms with Crippen molar-refractivity contribution in [3.8, 4) is 5.88 Å². The van der Waals surface area contributed by atoms with Crippen LogP contribution < -0.4 is 15.6 Å². The number of nitrogens with zero attached hydrogens (tertiary/aromatic N) is 1. The van der Waals surface area contributed by atoms with Gasteiger partial charge in [0.1, 0.15) is 5.82 Å². The van der Waals surface area contributed by atoms with Crippen LogP contribution in [0, 0.1) is 6.92 Å². The zero-order valence-corrected chi connectivity index (χ0v) is 10.4. The molecule has 1 aromatic heterocycles. The number of methoxy groups -OCH3 is 1. The molecule has 1 saturated heterocycles. The minimum absolute atomic E-state index is 0.109. The van der Waals surface area contributed by atoms with E-state index >= 15 is 0 Å². The summed E-state index contributed by atoms with van der Waals surface area (Å²) in [5.74, 6) is 1.14. The molecule has 94 valence electrons. The van der Waals surface area contributed by atoms with Crippen LogP contribution >= 0.6 is 0 Å². The number of aromatic nitrogens is 2. The van der Waals surface area contributed by atoms with Crippen LogP contribution in [-0.4, -0.2) is 29.7 Å². The second kappa shape index (κ2) is 5.31. The smallest absolute Gasteiger partial charge is 0.257 e. The first-order chi connectivity index (χ1) is 8.20. The van der Waals surface area contributed by atoms with Crippen molar-refractivity contribution in [1.82, 2.24) is 15.3 Å². The average molecular weight is 237 g/mol. The van der Waals surface area contributed by atoms with Gasteiger partial charge in [-0.1, -0.05) is 6.42 Å². The minimum atomic E-state index is -0.109. The molecule has 17 heavy (non-hydrogen) atoms. The third-order valence-corrected chi connectivity index (χ3v) is 3.20. The van der Waals surface area contributed by atoms with Gasteiger partial charge in [0, 0.05) is 12.5 Å². The van der Waals surface area contributed by atoms with E-state index in [1.165, 1.54) is 20.0 Å². The molecule has 0 aromatic carbocycles. The standard InChI is InChI=1S/C12H19N3O2/c1-8-11(16)14-10(15-12(8)17-2)7-9-5-3-4-6-13-9/h9,13H,3-7H2,1-2H3,(H,14,15,16). The molecule has 1 fully saturated rings. The van der Waals surface area contributed by atoms with Crippen molar-refractivity contribution in [2.24, 2.45) is 0 Å². The molecule has 1 aliphatic rings. The molecule has 0 spiro atoms. The predicted molar refractivity (Wildman–Crippen MR) is 65.5 cm³/mol. The van der Waals surface area contributed by atoms with Gasteiger partial charge in [0.15, 0.2) is 0 Å². The topological polar surface area (TPSA) is 67.0 Å². The van der Waals surface area contributed by atoms with Gasteiger partial charge in [0.2, 0.25) is 5.88 Å². The summed E-state index contributed by atoms with van der Waals surface area (Å²) in [7, 11) is 1.54. The van der Waals surface area contributed by atoms with E-state index in [1.807, 2.05) is 0 Å². The lowest BCUT2D eigenvalue weighted by Crippen LogP contribution is -2.36. The summed E-state index contributed by atoms with van der Waals surface area (Å²) < 4.78 is 5.10. The maximum absolute atomic E-state index is 11.7. The summed E-state index contributed by atoms with van der Waals surface area (Å²) >= 11 is 0. The van der Waals surface area contributed by atoms with Crippen LogP contribution in [0.2, 0.25) is 0 Å². The third kappa shape index (κ3) is 2.85. The van der Waals surface area contributed by atoms with Crippen molar-refractivity contribution < 1.29 is 4.74 Å². The van der Waals surface area contributed by atoms with Crippen molar-refractivity contribution in [2.45, 2.75) is 38.6 Å². The van der Waals surface area contributed by atoms with E-state index in [0.29, 0.717) is 23.3 Å². The van der Waals surface area contributed by atoms with Crippen LogP contribution in [0.3, 0.4) is 0 Å². The summed E-state index contributed by atoms with van der Waals surface area (Å²) in [6, 6.07) is 0.416. The summed E-state index contributed by atoms with van der Waals surface area (Å²) in [6.45, 7) is 2.77. The van der Waals surface area contributed by atoms with E-state index in [0.717, 1.165) is 19.4 Å². The highest BCUT2D eigenvalue weighted by molar-refractivity contribution is 5.22. The molecule has 1 unspecified atom stereocenters. The summed E-state index contributed by atoms with van der Waals surface area (Å²) in [6.07, 6.45) is 4.37. The molecule has 0 radical (unpaired) electrons. The Balaban J connectivity index is 2.15. The third-order valence-electron chi connectivity index (χ3n) is 3.20. The maximum Gasteiger partial charge on any atom is 0.257 e. The Morgan fingerprint density at radius 2 is 2.29 bits per heavy atom. The Kier molecular flexibility index (Phi) is 3.78. The van der Waals surface area contributed by atoms with E-state index in [4.69, 9.17) is 4.74 Å². The summed E-state index contributed by atoms with van der Waals surface area (Å²) in [5.41, 5.74) is 0.426. The van der Waals surface area contributed by atoms with Gasteiger partial charge in [0.25, 0.3) is 5.56 Å². The van der Waals surface area contributed by atoms with Crippen LogP contribution in [0.15, 0.2) is 4.79 Å². The van der Waals surface area contributed by atoms with E-state index in [9.17, 15) is 4.79 Å². The first-order valence-corrected chi connectivity index (χ1v) is 6.08. The number of rotatable bonds is 3. The SMILES string of the molecule is COc1nc(CC2CCCCN2)[nH]c(=O)c1C. The highest BCUT2D eigenvalue weighted by atomic mass is 16.5. The second-order valence-corrected chi connectivity index (χ2v) is 4.50. The number of H-pyrrole nitrogens is 1.